The van der Waals surface area contributed by atoms with E-state index in [1.165, 1.54) is 12.1 Å². The van der Waals surface area contributed by atoms with Crippen LogP contribution in [0.25, 0.3) is 0 Å². The summed E-state index contributed by atoms with van der Waals surface area (Å²) in [5.74, 6) is -0.276. The van der Waals surface area contributed by atoms with Crippen molar-refractivity contribution in [1.29, 1.82) is 0 Å². The molecule has 15 heavy (non-hydrogen) atoms. The maximum absolute atomic E-state index is 13.1. The summed E-state index contributed by atoms with van der Waals surface area (Å²) >= 11 is 11.1. The first-order chi connectivity index (χ1) is 7.16. The normalized spacial score (nSPS) is 12.7. The molecule has 0 N–H and O–H groups in total. The van der Waals surface area contributed by atoms with E-state index in [0.717, 1.165) is 10.4 Å². The van der Waals surface area contributed by atoms with Crippen LogP contribution in [-0.4, -0.2) is 0 Å². The van der Waals surface area contributed by atoms with E-state index in [4.69, 9.17) is 11.6 Å². The number of alkyl halides is 1. The lowest BCUT2D eigenvalue weighted by Gasteiger charge is -2.08. The molecule has 0 aliphatic rings. The molecule has 0 amide bonds. The van der Waals surface area contributed by atoms with Gasteiger partial charge in [-0.25, -0.2) is 4.39 Å². The molecule has 0 aliphatic carbocycles. The van der Waals surface area contributed by atoms with Crippen molar-refractivity contribution in [3.63, 3.8) is 0 Å². The highest BCUT2D eigenvalue weighted by atomic mass is 79.9. The average molecular weight is 306 g/mol. The number of benzene rings is 1. The summed E-state index contributed by atoms with van der Waals surface area (Å²) in [6.07, 6.45) is 0. The Morgan fingerprint density at radius 1 is 1.33 bits per heavy atom. The first-order valence-electron chi connectivity index (χ1n) is 4.30. The predicted octanol–water partition coefficient (Wildman–Crippen LogP) is 4.98. The van der Waals surface area contributed by atoms with E-state index in [1.54, 1.807) is 11.3 Å². The van der Waals surface area contributed by atoms with Crippen molar-refractivity contribution in [2.45, 2.75) is 5.38 Å². The van der Waals surface area contributed by atoms with E-state index >= 15 is 0 Å². The highest BCUT2D eigenvalue weighted by molar-refractivity contribution is 9.10. The van der Waals surface area contributed by atoms with Crippen molar-refractivity contribution in [3.05, 3.63) is 56.4 Å². The minimum absolute atomic E-state index is 0.276. The number of rotatable bonds is 2. The van der Waals surface area contributed by atoms with Gasteiger partial charge in [0.05, 0.1) is 5.38 Å². The quantitative estimate of drug-likeness (QED) is 0.687. The molecule has 0 radical (unpaired) electrons. The Morgan fingerprint density at radius 3 is 2.73 bits per heavy atom. The van der Waals surface area contributed by atoms with Gasteiger partial charge in [-0.05, 0) is 35.2 Å². The Bertz CT molecular complexity index is 435. The first-order valence-corrected chi connectivity index (χ1v) is 6.41. The molecule has 0 saturated carbocycles. The van der Waals surface area contributed by atoms with Gasteiger partial charge >= 0.3 is 0 Å². The third-order valence-corrected chi connectivity index (χ3v) is 3.98. The zero-order valence-electron chi connectivity index (χ0n) is 7.58. The number of thiophene rings is 1. The topological polar surface area (TPSA) is 0 Å². The Labute approximate surface area is 105 Å². The van der Waals surface area contributed by atoms with Crippen LogP contribution in [0.3, 0.4) is 0 Å². The summed E-state index contributed by atoms with van der Waals surface area (Å²) in [4.78, 5) is 1.02. The highest BCUT2D eigenvalue weighted by Crippen LogP contribution is 2.33. The molecule has 0 nitrogen and oxygen atoms in total. The summed E-state index contributed by atoms with van der Waals surface area (Å²) in [5.41, 5.74) is 0.769. The molecule has 0 fully saturated rings. The van der Waals surface area contributed by atoms with Crippen LogP contribution in [0.4, 0.5) is 4.39 Å². The van der Waals surface area contributed by atoms with Gasteiger partial charge in [0.15, 0.2) is 0 Å². The van der Waals surface area contributed by atoms with Gasteiger partial charge in [-0.1, -0.05) is 22.0 Å². The van der Waals surface area contributed by atoms with Gasteiger partial charge in [-0.2, -0.15) is 0 Å². The van der Waals surface area contributed by atoms with Crippen molar-refractivity contribution in [2.75, 3.05) is 0 Å². The molecule has 0 spiro atoms. The standard InChI is InChI=1S/C11H7BrClFS/c12-8-4-7(5-9(14)6-8)11(13)10-2-1-3-15-10/h1-6,11H. The fourth-order valence-electron chi connectivity index (χ4n) is 1.32. The minimum atomic E-state index is -0.281. The van der Waals surface area contributed by atoms with Gasteiger partial charge in [0.1, 0.15) is 5.82 Å². The third-order valence-electron chi connectivity index (χ3n) is 1.97. The van der Waals surface area contributed by atoms with Gasteiger partial charge < -0.3 is 0 Å². The smallest absolute Gasteiger partial charge is 0.124 e. The fraction of sp³-hybridized carbons (Fsp3) is 0.0909. The maximum atomic E-state index is 13.1. The molecule has 0 bridgehead atoms. The lowest BCUT2D eigenvalue weighted by molar-refractivity contribution is 0.625. The molecule has 0 saturated heterocycles. The molecule has 1 aromatic carbocycles. The Hall–Kier alpha value is -0.380. The zero-order valence-corrected chi connectivity index (χ0v) is 10.7. The Morgan fingerprint density at radius 2 is 2.13 bits per heavy atom. The van der Waals surface area contributed by atoms with Crippen LogP contribution in [0.15, 0.2) is 40.2 Å². The lowest BCUT2D eigenvalue weighted by Crippen LogP contribution is -1.91. The van der Waals surface area contributed by atoms with Crippen LogP contribution in [0.2, 0.25) is 0 Å². The van der Waals surface area contributed by atoms with Crippen molar-refractivity contribution in [1.82, 2.24) is 0 Å². The SMILES string of the molecule is Fc1cc(Br)cc(C(Cl)c2cccs2)c1. The average Bonchev–Trinajstić information content (AvgIpc) is 2.67. The van der Waals surface area contributed by atoms with E-state index in [0.29, 0.717) is 4.47 Å². The predicted molar refractivity (Wildman–Crippen MR) is 66.1 cm³/mol. The van der Waals surface area contributed by atoms with E-state index in [2.05, 4.69) is 15.9 Å². The van der Waals surface area contributed by atoms with Gasteiger partial charge in [0.25, 0.3) is 0 Å². The zero-order chi connectivity index (χ0) is 10.8. The van der Waals surface area contributed by atoms with Gasteiger partial charge in [0.2, 0.25) is 0 Å². The molecule has 1 atom stereocenters. The van der Waals surface area contributed by atoms with Crippen molar-refractivity contribution in [3.8, 4) is 0 Å². The first kappa shape index (κ1) is 11.1. The van der Waals surface area contributed by atoms with Crippen LogP contribution < -0.4 is 0 Å². The van der Waals surface area contributed by atoms with Gasteiger partial charge in [-0.3, -0.25) is 0 Å². The number of halogens is 3. The van der Waals surface area contributed by atoms with E-state index in [9.17, 15) is 4.39 Å². The largest absolute Gasteiger partial charge is 0.207 e. The summed E-state index contributed by atoms with van der Waals surface area (Å²) in [6, 6.07) is 8.59. The third kappa shape index (κ3) is 2.60. The second kappa shape index (κ2) is 4.64. The van der Waals surface area contributed by atoms with E-state index in [1.807, 2.05) is 23.6 Å². The van der Waals surface area contributed by atoms with Crippen LogP contribution in [-0.2, 0) is 0 Å². The molecular formula is C11H7BrClFS. The second-order valence-electron chi connectivity index (χ2n) is 3.08. The van der Waals surface area contributed by atoms with Crippen LogP contribution in [0.5, 0.6) is 0 Å². The highest BCUT2D eigenvalue weighted by Gasteiger charge is 2.13. The van der Waals surface area contributed by atoms with Crippen LogP contribution >= 0.6 is 38.9 Å². The van der Waals surface area contributed by atoms with Crippen molar-refractivity contribution >= 4 is 38.9 Å². The molecule has 1 heterocycles. The van der Waals surface area contributed by atoms with Crippen LogP contribution in [0, 0.1) is 5.82 Å². The van der Waals surface area contributed by atoms with E-state index < -0.39 is 0 Å². The number of hydrogen-bond acceptors (Lipinski definition) is 1. The Balaban J connectivity index is 2.37. The van der Waals surface area contributed by atoms with Crippen molar-refractivity contribution < 1.29 is 4.39 Å². The summed E-state index contributed by atoms with van der Waals surface area (Å²) in [5, 5.41) is 1.68. The molecule has 4 heteroatoms. The summed E-state index contributed by atoms with van der Waals surface area (Å²) < 4.78 is 13.9. The monoisotopic (exact) mass is 304 g/mol. The molecule has 1 unspecified atom stereocenters. The minimum Gasteiger partial charge on any atom is -0.207 e. The summed E-state index contributed by atoms with van der Waals surface area (Å²) in [6.45, 7) is 0. The molecule has 1 aromatic heterocycles. The van der Waals surface area contributed by atoms with Crippen LogP contribution in [0.1, 0.15) is 15.8 Å². The molecule has 78 valence electrons. The Kier molecular flexibility index (Phi) is 3.44. The van der Waals surface area contributed by atoms with E-state index in [-0.39, 0.29) is 11.2 Å². The maximum Gasteiger partial charge on any atom is 0.124 e. The second-order valence-corrected chi connectivity index (χ2v) is 5.41. The van der Waals surface area contributed by atoms with Gasteiger partial charge in [0, 0.05) is 9.35 Å². The molecular weight excluding hydrogens is 299 g/mol. The van der Waals surface area contributed by atoms with Gasteiger partial charge in [-0.15, -0.1) is 22.9 Å². The lowest BCUT2D eigenvalue weighted by atomic mass is 10.1. The number of hydrogen-bond donors (Lipinski definition) is 0. The fourth-order valence-corrected chi connectivity index (χ4v) is 2.88. The molecule has 2 rings (SSSR count). The molecule has 0 aliphatic heterocycles. The van der Waals surface area contributed by atoms with Crippen molar-refractivity contribution in [2.24, 2.45) is 0 Å². The molecule has 2 aromatic rings. The summed E-state index contributed by atoms with van der Waals surface area (Å²) in [7, 11) is 0.